The van der Waals surface area contributed by atoms with E-state index in [4.69, 9.17) is 4.42 Å². The third kappa shape index (κ3) is 5.44. The minimum atomic E-state index is -4.59. The van der Waals surface area contributed by atoms with Gasteiger partial charge in [-0.05, 0) is 30.7 Å². The molecule has 158 valence electrons. The minimum Gasteiger partial charge on any atom is -0.421 e. The van der Waals surface area contributed by atoms with Crippen LogP contribution < -0.4 is 5.32 Å². The van der Waals surface area contributed by atoms with Crippen LogP contribution in [0.2, 0.25) is 0 Å². The number of aromatic nitrogens is 2. The van der Waals surface area contributed by atoms with Gasteiger partial charge in [0.25, 0.3) is 0 Å². The number of hydrogen-bond acceptors (Lipinski definition) is 5. The molecular formula is C21H20F3N3O3. The highest BCUT2D eigenvalue weighted by Gasteiger charge is 2.34. The standard InChI is InChI=1S/C21H20F3N3O3/c1-13-6-8-14(9-7-13)20-27-26-19(30-20)11-10-18(29)25-12-17(28)15-4-2-3-5-16(15)21(22,23)24/h2-9,17,28H,10-12H2,1H3,(H,25,29). The number of nitrogens with zero attached hydrogens (tertiary/aromatic N) is 2. The minimum absolute atomic E-state index is 0.0107. The second-order valence-corrected chi connectivity index (χ2v) is 6.77. The lowest BCUT2D eigenvalue weighted by Crippen LogP contribution is -2.29. The molecule has 0 saturated heterocycles. The van der Waals surface area contributed by atoms with Gasteiger partial charge in [0.05, 0.1) is 11.7 Å². The molecule has 0 aliphatic carbocycles. The SMILES string of the molecule is Cc1ccc(-c2nnc(CCC(=O)NCC(O)c3ccccc3C(F)(F)F)o2)cc1. The van der Waals surface area contributed by atoms with Crippen molar-refractivity contribution in [2.24, 2.45) is 0 Å². The summed E-state index contributed by atoms with van der Waals surface area (Å²) < 4.78 is 44.6. The topological polar surface area (TPSA) is 88.2 Å². The number of amides is 1. The van der Waals surface area contributed by atoms with E-state index < -0.39 is 23.8 Å². The highest BCUT2D eigenvalue weighted by Crippen LogP contribution is 2.34. The zero-order chi connectivity index (χ0) is 21.7. The molecule has 1 amide bonds. The van der Waals surface area contributed by atoms with Crippen molar-refractivity contribution < 1.29 is 27.5 Å². The molecule has 1 atom stereocenters. The average molecular weight is 419 g/mol. The molecular weight excluding hydrogens is 399 g/mol. The second-order valence-electron chi connectivity index (χ2n) is 6.77. The Bertz CT molecular complexity index is 1000. The summed E-state index contributed by atoms with van der Waals surface area (Å²) in [6, 6.07) is 12.2. The Morgan fingerprint density at radius 1 is 1.13 bits per heavy atom. The second kappa shape index (κ2) is 9.08. The summed E-state index contributed by atoms with van der Waals surface area (Å²) in [6.07, 6.45) is -5.92. The summed E-state index contributed by atoms with van der Waals surface area (Å²) in [6.45, 7) is 1.62. The predicted molar refractivity (Wildman–Crippen MR) is 102 cm³/mol. The van der Waals surface area contributed by atoms with Gasteiger partial charge in [0.1, 0.15) is 0 Å². The van der Waals surface area contributed by atoms with E-state index in [9.17, 15) is 23.1 Å². The average Bonchev–Trinajstić information content (AvgIpc) is 3.19. The van der Waals surface area contributed by atoms with Gasteiger partial charge < -0.3 is 14.8 Å². The lowest BCUT2D eigenvalue weighted by atomic mass is 10.0. The molecule has 1 aromatic heterocycles. The highest BCUT2D eigenvalue weighted by atomic mass is 19.4. The van der Waals surface area contributed by atoms with Crippen molar-refractivity contribution in [2.45, 2.75) is 32.0 Å². The van der Waals surface area contributed by atoms with Gasteiger partial charge in [0.15, 0.2) is 0 Å². The molecule has 1 unspecified atom stereocenters. The molecule has 0 fully saturated rings. The number of halogens is 3. The van der Waals surface area contributed by atoms with E-state index in [0.29, 0.717) is 5.89 Å². The van der Waals surface area contributed by atoms with Crippen LogP contribution in [-0.4, -0.2) is 27.8 Å². The van der Waals surface area contributed by atoms with Crippen LogP contribution in [0.25, 0.3) is 11.5 Å². The fourth-order valence-electron chi connectivity index (χ4n) is 2.84. The first kappa shape index (κ1) is 21.5. The summed E-state index contributed by atoms with van der Waals surface area (Å²) in [4.78, 5) is 12.0. The smallest absolute Gasteiger partial charge is 0.416 e. The quantitative estimate of drug-likeness (QED) is 0.607. The first-order valence-corrected chi connectivity index (χ1v) is 9.24. The molecule has 0 bridgehead atoms. The van der Waals surface area contributed by atoms with Crippen LogP contribution in [0.5, 0.6) is 0 Å². The molecule has 0 spiro atoms. The zero-order valence-corrected chi connectivity index (χ0v) is 16.1. The molecule has 1 heterocycles. The van der Waals surface area contributed by atoms with Crippen molar-refractivity contribution in [2.75, 3.05) is 6.54 Å². The van der Waals surface area contributed by atoms with Crippen LogP contribution in [0.1, 0.15) is 35.1 Å². The van der Waals surface area contributed by atoms with Crippen LogP contribution in [0.3, 0.4) is 0 Å². The van der Waals surface area contributed by atoms with Crippen LogP contribution in [-0.2, 0) is 17.4 Å². The van der Waals surface area contributed by atoms with Crippen molar-refractivity contribution in [3.63, 3.8) is 0 Å². The third-order valence-electron chi connectivity index (χ3n) is 4.45. The van der Waals surface area contributed by atoms with E-state index in [1.165, 1.54) is 18.2 Å². The lowest BCUT2D eigenvalue weighted by molar-refractivity contribution is -0.139. The first-order valence-electron chi connectivity index (χ1n) is 9.24. The Morgan fingerprint density at radius 3 is 2.53 bits per heavy atom. The van der Waals surface area contributed by atoms with Crippen LogP contribution in [0.4, 0.5) is 13.2 Å². The summed E-state index contributed by atoms with van der Waals surface area (Å²) in [7, 11) is 0. The normalized spacial score (nSPS) is 12.6. The van der Waals surface area contributed by atoms with E-state index in [1.54, 1.807) is 0 Å². The third-order valence-corrected chi connectivity index (χ3v) is 4.45. The molecule has 6 nitrogen and oxygen atoms in total. The van der Waals surface area contributed by atoms with E-state index in [2.05, 4.69) is 15.5 Å². The van der Waals surface area contributed by atoms with E-state index >= 15 is 0 Å². The number of aliphatic hydroxyl groups is 1. The van der Waals surface area contributed by atoms with E-state index in [1.807, 2.05) is 31.2 Å². The van der Waals surface area contributed by atoms with Crippen molar-refractivity contribution in [3.05, 3.63) is 71.1 Å². The highest BCUT2D eigenvalue weighted by molar-refractivity contribution is 5.76. The number of aryl methyl sites for hydroxylation is 2. The van der Waals surface area contributed by atoms with Gasteiger partial charge in [-0.3, -0.25) is 4.79 Å². The van der Waals surface area contributed by atoms with E-state index in [-0.39, 0.29) is 30.8 Å². The molecule has 2 aromatic carbocycles. The summed E-state index contributed by atoms with van der Waals surface area (Å²) in [5.74, 6) is 0.155. The maximum Gasteiger partial charge on any atom is 0.416 e. The monoisotopic (exact) mass is 419 g/mol. The Balaban J connectivity index is 1.52. The van der Waals surface area contributed by atoms with Gasteiger partial charge in [-0.2, -0.15) is 13.2 Å². The number of benzene rings is 2. The van der Waals surface area contributed by atoms with Gasteiger partial charge in [0.2, 0.25) is 17.7 Å². The molecule has 30 heavy (non-hydrogen) atoms. The summed E-state index contributed by atoms with van der Waals surface area (Å²) in [5, 5.41) is 20.4. The molecule has 0 aliphatic rings. The zero-order valence-electron chi connectivity index (χ0n) is 16.1. The molecule has 0 radical (unpaired) electrons. The number of carbonyl (C=O) groups excluding carboxylic acids is 1. The molecule has 3 rings (SSSR count). The van der Waals surface area contributed by atoms with Crippen LogP contribution >= 0.6 is 0 Å². The Kier molecular flexibility index (Phi) is 6.51. The first-order chi connectivity index (χ1) is 14.2. The Labute approximate surface area is 170 Å². The molecule has 0 aliphatic heterocycles. The van der Waals surface area contributed by atoms with Crippen LogP contribution in [0, 0.1) is 6.92 Å². The van der Waals surface area contributed by atoms with Crippen molar-refractivity contribution >= 4 is 5.91 Å². The van der Waals surface area contributed by atoms with Crippen molar-refractivity contribution in [1.82, 2.24) is 15.5 Å². The summed E-state index contributed by atoms with van der Waals surface area (Å²) >= 11 is 0. The number of hydrogen-bond donors (Lipinski definition) is 2. The van der Waals surface area contributed by atoms with Gasteiger partial charge in [-0.15, -0.1) is 10.2 Å². The van der Waals surface area contributed by atoms with Crippen LogP contribution in [0.15, 0.2) is 52.9 Å². The lowest BCUT2D eigenvalue weighted by Gasteiger charge is -2.17. The van der Waals surface area contributed by atoms with Gasteiger partial charge >= 0.3 is 6.18 Å². The molecule has 0 saturated carbocycles. The van der Waals surface area contributed by atoms with Gasteiger partial charge in [-0.25, -0.2) is 0 Å². The van der Waals surface area contributed by atoms with Gasteiger partial charge in [0, 0.05) is 24.9 Å². The maximum atomic E-state index is 13.0. The number of nitrogens with one attached hydrogen (secondary N) is 1. The predicted octanol–water partition coefficient (Wildman–Crippen LogP) is 3.85. The fourth-order valence-corrected chi connectivity index (χ4v) is 2.84. The number of alkyl halides is 3. The number of rotatable bonds is 7. The Morgan fingerprint density at radius 2 is 1.83 bits per heavy atom. The van der Waals surface area contributed by atoms with Crippen molar-refractivity contribution in [3.8, 4) is 11.5 Å². The Hall–Kier alpha value is -3.20. The molecule has 9 heteroatoms. The van der Waals surface area contributed by atoms with E-state index in [0.717, 1.165) is 17.2 Å². The fraction of sp³-hybridized carbons (Fsp3) is 0.286. The number of aliphatic hydroxyl groups excluding tert-OH is 1. The molecule has 2 N–H and O–H groups in total. The van der Waals surface area contributed by atoms with Gasteiger partial charge in [-0.1, -0.05) is 35.9 Å². The largest absolute Gasteiger partial charge is 0.421 e. The maximum absolute atomic E-state index is 13.0. The molecule has 3 aromatic rings. The number of carbonyl (C=O) groups is 1. The summed E-state index contributed by atoms with van der Waals surface area (Å²) in [5.41, 5.74) is 0.636. The van der Waals surface area contributed by atoms with Crippen molar-refractivity contribution in [1.29, 1.82) is 0 Å².